The van der Waals surface area contributed by atoms with E-state index in [1.165, 1.54) is 0 Å². The smallest absolute Gasteiger partial charge is 0.339 e. The number of benzene rings is 2. The summed E-state index contributed by atoms with van der Waals surface area (Å²) in [4.78, 5) is 24.4. The highest BCUT2D eigenvalue weighted by Crippen LogP contribution is 2.38. The Morgan fingerprint density at radius 2 is 1.92 bits per heavy atom. The van der Waals surface area contributed by atoms with Crippen molar-refractivity contribution in [2.75, 3.05) is 6.61 Å². The first-order valence-corrected chi connectivity index (χ1v) is 8.20. The third-order valence-electron chi connectivity index (χ3n) is 4.07. The lowest BCUT2D eigenvalue weighted by molar-refractivity contribution is -0.145. The fourth-order valence-electron chi connectivity index (χ4n) is 2.92. The summed E-state index contributed by atoms with van der Waals surface area (Å²) in [7, 11) is 0. The van der Waals surface area contributed by atoms with Crippen LogP contribution in [0.25, 0.3) is 0 Å². The van der Waals surface area contributed by atoms with Crippen LogP contribution in [0.3, 0.4) is 0 Å². The zero-order valence-electron chi connectivity index (χ0n) is 13.2. The van der Waals surface area contributed by atoms with Gasteiger partial charge in [-0.2, -0.15) is 0 Å². The first kappa shape index (κ1) is 16.5. The molecule has 2 unspecified atom stereocenters. The van der Waals surface area contributed by atoms with E-state index in [4.69, 9.17) is 21.1 Å². The van der Waals surface area contributed by atoms with Crippen LogP contribution in [0.4, 0.5) is 0 Å². The van der Waals surface area contributed by atoms with Gasteiger partial charge in [0.15, 0.2) is 0 Å². The molecule has 2 aromatic rings. The Hall–Kier alpha value is -2.33. The molecule has 1 heterocycles. The van der Waals surface area contributed by atoms with Gasteiger partial charge in [-0.15, -0.1) is 0 Å². The zero-order chi connectivity index (χ0) is 17.1. The molecule has 5 heteroatoms. The highest BCUT2D eigenvalue weighted by Gasteiger charge is 2.35. The summed E-state index contributed by atoms with van der Waals surface area (Å²) in [5.41, 5.74) is 2.16. The predicted molar refractivity (Wildman–Crippen MR) is 90.0 cm³/mol. The molecular formula is C19H17ClO4. The molecule has 2 aromatic carbocycles. The molecule has 0 aliphatic carbocycles. The van der Waals surface area contributed by atoms with Crippen molar-refractivity contribution < 1.29 is 19.1 Å². The second kappa shape index (κ2) is 7.05. The summed E-state index contributed by atoms with van der Waals surface area (Å²) < 4.78 is 10.7. The summed E-state index contributed by atoms with van der Waals surface area (Å²) in [5, 5.41) is 0.596. The number of carbonyl (C=O) groups excluding carboxylic acids is 2. The van der Waals surface area contributed by atoms with Crippen LogP contribution in [0.1, 0.15) is 46.9 Å². The maximum Gasteiger partial charge on any atom is 0.339 e. The number of ether oxygens (including phenoxy) is 2. The Labute approximate surface area is 145 Å². The molecular weight excluding hydrogens is 328 g/mol. The minimum absolute atomic E-state index is 0.296. The normalized spacial score (nSPS) is 17.1. The summed E-state index contributed by atoms with van der Waals surface area (Å²) in [6.45, 7) is 2.06. The van der Waals surface area contributed by atoms with Crippen molar-refractivity contribution in [3.8, 4) is 0 Å². The molecule has 0 bridgehead atoms. The van der Waals surface area contributed by atoms with Crippen LogP contribution in [-0.4, -0.2) is 18.5 Å². The molecule has 0 saturated heterocycles. The third-order valence-corrected chi connectivity index (χ3v) is 4.32. The molecule has 1 aliphatic rings. The molecule has 0 spiro atoms. The molecule has 0 radical (unpaired) electrons. The van der Waals surface area contributed by atoms with Crippen molar-refractivity contribution in [2.45, 2.75) is 25.4 Å². The zero-order valence-corrected chi connectivity index (χ0v) is 14.0. The summed E-state index contributed by atoms with van der Waals surface area (Å²) >= 11 is 5.93. The van der Waals surface area contributed by atoms with Gasteiger partial charge >= 0.3 is 11.9 Å². The topological polar surface area (TPSA) is 52.6 Å². The number of fused-ring (bicyclic) bond motifs is 1. The number of cyclic esters (lactones) is 1. The van der Waals surface area contributed by atoms with Gasteiger partial charge in [0.2, 0.25) is 0 Å². The maximum absolute atomic E-state index is 12.4. The first-order valence-electron chi connectivity index (χ1n) is 7.82. The first-order chi connectivity index (χ1) is 11.6. The van der Waals surface area contributed by atoms with Crippen LogP contribution in [0.2, 0.25) is 5.02 Å². The Balaban J connectivity index is 1.89. The Morgan fingerprint density at radius 3 is 2.62 bits per heavy atom. The van der Waals surface area contributed by atoms with Gasteiger partial charge in [0.05, 0.1) is 18.1 Å². The standard InChI is InChI=1S/C19H17ClO4/c1-2-23-18(21)16(12-7-9-13(20)10-8-12)11-17-14-5-3-4-6-15(14)19(22)24-17/h3-10,16-17H,2,11H2,1H3. The quantitative estimate of drug-likeness (QED) is 0.759. The second-order valence-electron chi connectivity index (χ2n) is 5.57. The molecule has 124 valence electrons. The number of esters is 2. The number of hydrogen-bond donors (Lipinski definition) is 0. The number of carbonyl (C=O) groups is 2. The fourth-order valence-corrected chi connectivity index (χ4v) is 3.04. The Morgan fingerprint density at radius 1 is 1.21 bits per heavy atom. The second-order valence-corrected chi connectivity index (χ2v) is 6.01. The van der Waals surface area contributed by atoms with Crippen LogP contribution in [0.5, 0.6) is 0 Å². The lowest BCUT2D eigenvalue weighted by atomic mass is 9.90. The van der Waals surface area contributed by atoms with Gasteiger partial charge in [-0.3, -0.25) is 4.79 Å². The van der Waals surface area contributed by atoms with Crippen molar-refractivity contribution in [1.29, 1.82) is 0 Å². The number of hydrogen-bond acceptors (Lipinski definition) is 4. The molecule has 0 saturated carbocycles. The van der Waals surface area contributed by atoms with E-state index < -0.39 is 12.0 Å². The van der Waals surface area contributed by atoms with Crippen LogP contribution >= 0.6 is 11.6 Å². The van der Waals surface area contributed by atoms with Crippen molar-refractivity contribution >= 4 is 23.5 Å². The molecule has 1 aliphatic heterocycles. The maximum atomic E-state index is 12.4. The average Bonchev–Trinajstić information content (AvgIpc) is 2.90. The highest BCUT2D eigenvalue weighted by atomic mass is 35.5. The van der Waals surface area contributed by atoms with Gasteiger partial charge in [0.25, 0.3) is 0 Å². The van der Waals surface area contributed by atoms with Crippen LogP contribution in [-0.2, 0) is 14.3 Å². The summed E-state index contributed by atoms with van der Waals surface area (Å²) in [6, 6.07) is 14.3. The van der Waals surface area contributed by atoms with E-state index in [2.05, 4.69) is 0 Å². The summed E-state index contributed by atoms with van der Waals surface area (Å²) in [5.74, 6) is -1.21. The number of rotatable bonds is 5. The van der Waals surface area contributed by atoms with E-state index in [0.717, 1.165) is 11.1 Å². The highest BCUT2D eigenvalue weighted by molar-refractivity contribution is 6.30. The van der Waals surface area contributed by atoms with Crippen LogP contribution in [0, 0.1) is 0 Å². The molecule has 2 atom stereocenters. The lowest BCUT2D eigenvalue weighted by Gasteiger charge is -2.20. The molecule has 0 aromatic heterocycles. The van der Waals surface area contributed by atoms with Gasteiger partial charge in [-0.05, 0) is 30.7 Å². The largest absolute Gasteiger partial charge is 0.466 e. The SMILES string of the molecule is CCOC(=O)C(CC1OC(=O)c2ccccc21)c1ccc(Cl)cc1. The van der Waals surface area contributed by atoms with Crippen molar-refractivity contribution in [3.05, 3.63) is 70.2 Å². The molecule has 24 heavy (non-hydrogen) atoms. The van der Waals surface area contributed by atoms with Gasteiger partial charge in [0.1, 0.15) is 6.10 Å². The van der Waals surface area contributed by atoms with Crippen molar-refractivity contribution in [1.82, 2.24) is 0 Å². The van der Waals surface area contributed by atoms with E-state index in [1.54, 1.807) is 43.3 Å². The third kappa shape index (κ3) is 3.29. The van der Waals surface area contributed by atoms with Gasteiger partial charge in [-0.25, -0.2) is 4.79 Å². The van der Waals surface area contributed by atoms with Crippen LogP contribution in [0.15, 0.2) is 48.5 Å². The van der Waals surface area contributed by atoms with E-state index >= 15 is 0 Å². The summed E-state index contributed by atoms with van der Waals surface area (Å²) in [6.07, 6.45) is -0.123. The van der Waals surface area contributed by atoms with E-state index in [-0.39, 0.29) is 11.9 Å². The molecule has 0 amide bonds. The lowest BCUT2D eigenvalue weighted by Crippen LogP contribution is -2.19. The predicted octanol–water partition coefficient (Wildman–Crippen LogP) is 4.29. The molecule has 0 fully saturated rings. The van der Waals surface area contributed by atoms with Gasteiger partial charge < -0.3 is 9.47 Å². The minimum atomic E-state index is -0.522. The Kier molecular flexibility index (Phi) is 4.86. The Bertz CT molecular complexity index is 754. The average molecular weight is 345 g/mol. The number of halogens is 1. The molecule has 3 rings (SSSR count). The van der Waals surface area contributed by atoms with E-state index in [1.807, 2.05) is 12.1 Å². The monoisotopic (exact) mass is 344 g/mol. The van der Waals surface area contributed by atoms with Crippen molar-refractivity contribution in [2.24, 2.45) is 0 Å². The van der Waals surface area contributed by atoms with Crippen molar-refractivity contribution in [3.63, 3.8) is 0 Å². The van der Waals surface area contributed by atoms with Crippen LogP contribution < -0.4 is 0 Å². The van der Waals surface area contributed by atoms with E-state index in [9.17, 15) is 9.59 Å². The molecule has 4 nitrogen and oxygen atoms in total. The van der Waals surface area contributed by atoms with E-state index in [0.29, 0.717) is 23.6 Å². The minimum Gasteiger partial charge on any atom is -0.466 e. The van der Waals surface area contributed by atoms with Gasteiger partial charge in [-0.1, -0.05) is 41.9 Å². The van der Waals surface area contributed by atoms with Gasteiger partial charge in [0, 0.05) is 17.0 Å². The fraction of sp³-hybridized carbons (Fsp3) is 0.263. The molecule has 0 N–H and O–H groups in total.